The molecule has 3 amide bonds. The van der Waals surface area contributed by atoms with Gasteiger partial charge in [-0.3, -0.25) is 9.59 Å². The van der Waals surface area contributed by atoms with Gasteiger partial charge < -0.3 is 25.6 Å². The van der Waals surface area contributed by atoms with E-state index in [1.165, 1.54) is 0 Å². The highest BCUT2D eigenvalue weighted by molar-refractivity contribution is 5.89. The Morgan fingerprint density at radius 3 is 2.55 bits per heavy atom. The number of carbonyl (C=O) groups is 3. The normalized spacial score (nSPS) is 15.9. The summed E-state index contributed by atoms with van der Waals surface area (Å²) in [5, 5.41) is 11.3. The van der Waals surface area contributed by atoms with Gasteiger partial charge in [-0.1, -0.05) is 48.5 Å². The number of carbonyl (C=O) groups excluding carboxylic acids is 3. The van der Waals surface area contributed by atoms with Crippen molar-refractivity contribution < 1.29 is 19.1 Å². The number of ether oxygens (including phenoxy) is 1. The van der Waals surface area contributed by atoms with E-state index in [1.807, 2.05) is 42.2 Å². The number of halogens is 1. The molecule has 0 spiro atoms. The minimum Gasteiger partial charge on any atom is -0.410 e. The first kappa shape index (κ1) is 29.4. The summed E-state index contributed by atoms with van der Waals surface area (Å²) in [5.74, 6) is 0.297. The van der Waals surface area contributed by atoms with Gasteiger partial charge in [0.1, 0.15) is 11.8 Å². The van der Waals surface area contributed by atoms with Crippen LogP contribution in [0.1, 0.15) is 36.5 Å². The molecule has 1 fully saturated rings. The maximum absolute atomic E-state index is 13.9. The minimum atomic E-state index is -0.643. The summed E-state index contributed by atoms with van der Waals surface area (Å²) in [6.45, 7) is 4.95. The molecule has 9 heteroatoms. The van der Waals surface area contributed by atoms with E-state index in [2.05, 4.69) is 40.2 Å². The van der Waals surface area contributed by atoms with Crippen LogP contribution in [0.25, 0.3) is 10.8 Å². The molecular weight excluding hydrogens is 528 g/mol. The summed E-state index contributed by atoms with van der Waals surface area (Å²) in [4.78, 5) is 40.7. The van der Waals surface area contributed by atoms with Crippen LogP contribution in [0.2, 0.25) is 0 Å². The molecule has 0 unspecified atom stereocenters. The van der Waals surface area contributed by atoms with Crippen molar-refractivity contribution in [1.82, 2.24) is 20.9 Å². The van der Waals surface area contributed by atoms with Gasteiger partial charge in [0, 0.05) is 32.0 Å². The minimum absolute atomic E-state index is 0. The molecule has 3 aromatic rings. The Balaban J connectivity index is 0.00000370. The lowest BCUT2D eigenvalue weighted by Crippen LogP contribution is -2.52. The monoisotopic (exact) mass is 564 g/mol. The fourth-order valence-electron chi connectivity index (χ4n) is 5.46. The van der Waals surface area contributed by atoms with E-state index in [1.54, 1.807) is 6.07 Å². The van der Waals surface area contributed by atoms with E-state index in [9.17, 15) is 14.4 Å². The molecule has 3 aromatic carbocycles. The highest BCUT2D eigenvalue weighted by atomic mass is 35.5. The summed E-state index contributed by atoms with van der Waals surface area (Å²) in [6, 6.07) is 19.3. The fourth-order valence-corrected chi connectivity index (χ4v) is 5.46. The Morgan fingerprint density at radius 2 is 1.77 bits per heavy atom. The van der Waals surface area contributed by atoms with Gasteiger partial charge in [0.25, 0.3) is 0 Å². The van der Waals surface area contributed by atoms with Gasteiger partial charge in [-0.25, -0.2) is 4.79 Å². The molecule has 0 aliphatic carbocycles. The molecule has 2 aliphatic heterocycles. The molecule has 0 bridgehead atoms. The Bertz CT molecular complexity index is 1360. The van der Waals surface area contributed by atoms with Crippen molar-refractivity contribution >= 4 is 41.1 Å². The van der Waals surface area contributed by atoms with Crippen LogP contribution in [0.3, 0.4) is 0 Å². The SMILES string of the molecule is CCNC(=O)Oc1ccc2c(c1)CCN(C(=O)[C@@H](Cc1ccc3ccccc3c1)NC(=O)C1CCNCC1)C2.Cl. The third-order valence-electron chi connectivity index (χ3n) is 7.61. The van der Waals surface area contributed by atoms with Crippen LogP contribution in [0.15, 0.2) is 60.7 Å². The second-order valence-corrected chi connectivity index (χ2v) is 10.3. The average molecular weight is 565 g/mol. The Morgan fingerprint density at radius 1 is 1.00 bits per heavy atom. The van der Waals surface area contributed by atoms with Crippen molar-refractivity contribution in [3.8, 4) is 5.75 Å². The molecular formula is C31H37ClN4O4. The summed E-state index contributed by atoms with van der Waals surface area (Å²) in [7, 11) is 0. The summed E-state index contributed by atoms with van der Waals surface area (Å²) in [5.41, 5.74) is 3.10. The van der Waals surface area contributed by atoms with Crippen molar-refractivity contribution in [2.24, 2.45) is 5.92 Å². The smallest absolute Gasteiger partial charge is 0.410 e. The van der Waals surface area contributed by atoms with Crippen LogP contribution < -0.4 is 20.7 Å². The lowest BCUT2D eigenvalue weighted by Gasteiger charge is -2.33. The number of amides is 3. The van der Waals surface area contributed by atoms with E-state index in [0.29, 0.717) is 38.2 Å². The molecule has 212 valence electrons. The van der Waals surface area contributed by atoms with Gasteiger partial charge in [-0.05, 0) is 78.9 Å². The van der Waals surface area contributed by atoms with Gasteiger partial charge in [-0.15, -0.1) is 12.4 Å². The summed E-state index contributed by atoms with van der Waals surface area (Å²) < 4.78 is 5.35. The third kappa shape index (κ3) is 7.11. The van der Waals surface area contributed by atoms with Crippen molar-refractivity contribution in [2.45, 2.75) is 45.2 Å². The summed E-state index contributed by atoms with van der Waals surface area (Å²) in [6.07, 6.45) is 2.16. The van der Waals surface area contributed by atoms with Crippen LogP contribution in [0.5, 0.6) is 5.75 Å². The van der Waals surface area contributed by atoms with Crippen molar-refractivity contribution in [3.05, 3.63) is 77.4 Å². The standard InChI is InChI=1S/C31H36N4O4.ClH/c1-2-33-31(38)39-27-10-9-26-20-35(16-13-25(26)19-27)30(37)28(34-29(36)23-11-14-32-15-12-23)18-21-7-8-22-5-3-4-6-24(22)17-21;/h3-10,17,19,23,28,32H,2,11-16,18,20H2,1H3,(H,33,38)(H,34,36);1H/t28-;/m1./s1. The predicted octanol–water partition coefficient (Wildman–Crippen LogP) is 3.98. The topological polar surface area (TPSA) is 99.8 Å². The molecule has 0 saturated carbocycles. The first-order chi connectivity index (χ1) is 19.0. The molecule has 1 atom stereocenters. The van der Waals surface area contributed by atoms with Gasteiger partial charge in [-0.2, -0.15) is 0 Å². The number of fused-ring (bicyclic) bond motifs is 2. The molecule has 2 aliphatic rings. The average Bonchev–Trinajstić information content (AvgIpc) is 2.96. The molecule has 0 radical (unpaired) electrons. The predicted molar refractivity (Wildman–Crippen MR) is 158 cm³/mol. The number of nitrogens with one attached hydrogen (secondary N) is 3. The third-order valence-corrected chi connectivity index (χ3v) is 7.61. The van der Waals surface area contributed by atoms with Crippen LogP contribution in [0, 0.1) is 5.92 Å². The molecule has 0 aromatic heterocycles. The van der Waals surface area contributed by atoms with Crippen molar-refractivity contribution in [2.75, 3.05) is 26.2 Å². The second kappa shape index (κ2) is 13.6. The first-order valence-corrected chi connectivity index (χ1v) is 13.8. The van der Waals surface area contributed by atoms with E-state index in [4.69, 9.17) is 4.74 Å². The van der Waals surface area contributed by atoms with E-state index in [-0.39, 0.29) is 30.1 Å². The van der Waals surface area contributed by atoms with Crippen LogP contribution in [-0.4, -0.2) is 55.0 Å². The number of piperidine rings is 1. The highest BCUT2D eigenvalue weighted by Gasteiger charge is 2.31. The number of hydrogen-bond donors (Lipinski definition) is 3. The number of hydrogen-bond acceptors (Lipinski definition) is 5. The molecule has 2 heterocycles. The largest absolute Gasteiger partial charge is 0.412 e. The zero-order valence-electron chi connectivity index (χ0n) is 22.8. The molecule has 1 saturated heterocycles. The van der Waals surface area contributed by atoms with E-state index >= 15 is 0 Å². The zero-order valence-corrected chi connectivity index (χ0v) is 23.6. The van der Waals surface area contributed by atoms with Gasteiger partial charge in [0.2, 0.25) is 11.8 Å². The maximum atomic E-state index is 13.9. The lowest BCUT2D eigenvalue weighted by molar-refractivity contribution is -0.138. The maximum Gasteiger partial charge on any atom is 0.412 e. The molecule has 8 nitrogen and oxygen atoms in total. The van der Waals surface area contributed by atoms with Gasteiger partial charge in [0.05, 0.1) is 0 Å². The van der Waals surface area contributed by atoms with Gasteiger partial charge in [0.15, 0.2) is 0 Å². The second-order valence-electron chi connectivity index (χ2n) is 10.3. The van der Waals surface area contributed by atoms with Crippen LogP contribution in [-0.2, 0) is 29.0 Å². The Hall–Kier alpha value is -3.62. The van der Waals surface area contributed by atoms with Gasteiger partial charge >= 0.3 is 6.09 Å². The molecule has 40 heavy (non-hydrogen) atoms. The molecule has 5 rings (SSSR count). The molecule has 3 N–H and O–H groups in total. The first-order valence-electron chi connectivity index (χ1n) is 13.8. The number of rotatable bonds is 7. The van der Waals surface area contributed by atoms with Crippen molar-refractivity contribution in [1.29, 1.82) is 0 Å². The number of nitrogens with zero attached hydrogens (tertiary/aromatic N) is 1. The fraction of sp³-hybridized carbons (Fsp3) is 0.387. The Labute approximate surface area is 241 Å². The van der Waals surface area contributed by atoms with Crippen LogP contribution in [0.4, 0.5) is 4.79 Å². The Kier molecular flexibility index (Phi) is 10.0. The van der Waals surface area contributed by atoms with E-state index < -0.39 is 12.1 Å². The zero-order chi connectivity index (χ0) is 27.2. The van der Waals surface area contributed by atoms with Crippen molar-refractivity contribution in [3.63, 3.8) is 0 Å². The lowest BCUT2D eigenvalue weighted by atomic mass is 9.95. The quantitative estimate of drug-likeness (QED) is 0.403. The van der Waals surface area contributed by atoms with Crippen LogP contribution >= 0.6 is 12.4 Å². The summed E-state index contributed by atoms with van der Waals surface area (Å²) >= 11 is 0. The highest BCUT2D eigenvalue weighted by Crippen LogP contribution is 2.25. The van der Waals surface area contributed by atoms with E-state index in [0.717, 1.165) is 53.4 Å². The number of benzene rings is 3.